The summed E-state index contributed by atoms with van der Waals surface area (Å²) in [4.78, 5) is 30.8. The maximum Gasteiger partial charge on any atom is 0.255 e. The molecule has 2 aliphatic heterocycles. The second-order valence-corrected chi connectivity index (χ2v) is 7.95. The molecular weight excluding hydrogens is 350 g/mol. The molecule has 2 aromatic heterocycles. The van der Waals surface area contributed by atoms with Crippen LogP contribution < -0.4 is 5.56 Å². The number of aromatic amines is 2. The molecule has 3 aromatic rings. The van der Waals surface area contributed by atoms with E-state index in [0.717, 1.165) is 62.3 Å². The van der Waals surface area contributed by atoms with Gasteiger partial charge in [-0.1, -0.05) is 12.1 Å². The van der Waals surface area contributed by atoms with Crippen molar-refractivity contribution in [3.63, 3.8) is 0 Å². The van der Waals surface area contributed by atoms with Crippen LogP contribution in [0.2, 0.25) is 0 Å². The molecule has 0 fully saturated rings. The molecule has 0 unspecified atom stereocenters. The zero-order valence-corrected chi connectivity index (χ0v) is 16.2. The van der Waals surface area contributed by atoms with E-state index in [1.165, 1.54) is 22.0 Å². The lowest BCUT2D eigenvalue weighted by Gasteiger charge is -2.27. The van der Waals surface area contributed by atoms with E-state index in [4.69, 9.17) is 4.98 Å². The van der Waals surface area contributed by atoms with E-state index in [0.29, 0.717) is 12.4 Å². The van der Waals surface area contributed by atoms with Gasteiger partial charge in [-0.15, -0.1) is 0 Å². The highest BCUT2D eigenvalue weighted by atomic mass is 16.1. The normalized spacial score (nSPS) is 17.5. The van der Waals surface area contributed by atoms with E-state index in [9.17, 15) is 4.79 Å². The minimum Gasteiger partial charge on any atom is -0.361 e. The molecule has 2 aliphatic rings. The van der Waals surface area contributed by atoms with Gasteiger partial charge in [-0.3, -0.25) is 14.7 Å². The fourth-order valence-corrected chi connectivity index (χ4v) is 4.32. The zero-order valence-electron chi connectivity index (χ0n) is 16.2. The monoisotopic (exact) mass is 375 g/mol. The number of rotatable bonds is 3. The number of nitrogens with one attached hydrogen (secondary N) is 2. The maximum atomic E-state index is 12.7. The van der Waals surface area contributed by atoms with Crippen LogP contribution in [0.25, 0.3) is 10.9 Å². The van der Waals surface area contributed by atoms with Crippen LogP contribution in [0.1, 0.15) is 47.5 Å². The number of aryl methyl sites for hydroxylation is 1. The van der Waals surface area contributed by atoms with Crippen molar-refractivity contribution < 1.29 is 0 Å². The largest absolute Gasteiger partial charge is 0.361 e. The second kappa shape index (κ2) is 7.02. The Bertz CT molecular complexity index is 1120. The summed E-state index contributed by atoms with van der Waals surface area (Å²) in [6, 6.07) is 6.50. The molecule has 0 spiro atoms. The van der Waals surface area contributed by atoms with Gasteiger partial charge in [-0.2, -0.15) is 0 Å². The first-order valence-corrected chi connectivity index (χ1v) is 10.1. The molecule has 4 heterocycles. The summed E-state index contributed by atoms with van der Waals surface area (Å²) in [6.07, 6.45) is 6.06. The number of nitrogens with zero attached hydrogens (tertiary/aromatic N) is 3. The molecular formula is C22H25N5O. The smallest absolute Gasteiger partial charge is 0.255 e. The van der Waals surface area contributed by atoms with Gasteiger partial charge in [0.1, 0.15) is 0 Å². The molecule has 0 aliphatic carbocycles. The lowest BCUT2D eigenvalue weighted by molar-refractivity contribution is 0.242. The van der Waals surface area contributed by atoms with Gasteiger partial charge in [-0.25, -0.2) is 4.98 Å². The highest BCUT2D eigenvalue weighted by Crippen LogP contribution is 2.23. The number of hydrogen-bond acceptors (Lipinski definition) is 4. The predicted molar refractivity (Wildman–Crippen MR) is 111 cm³/mol. The third-order valence-corrected chi connectivity index (χ3v) is 5.86. The molecule has 144 valence electrons. The van der Waals surface area contributed by atoms with Crippen LogP contribution in [0.15, 0.2) is 34.2 Å². The predicted octanol–water partition coefficient (Wildman–Crippen LogP) is 3.09. The Morgan fingerprint density at radius 1 is 1.21 bits per heavy atom. The van der Waals surface area contributed by atoms with Crippen LogP contribution in [0.5, 0.6) is 0 Å². The summed E-state index contributed by atoms with van der Waals surface area (Å²) >= 11 is 0. The minimum absolute atomic E-state index is 0.00692. The lowest BCUT2D eigenvalue weighted by Crippen LogP contribution is -2.36. The van der Waals surface area contributed by atoms with Gasteiger partial charge < -0.3 is 9.97 Å². The van der Waals surface area contributed by atoms with E-state index in [2.05, 4.69) is 51.2 Å². The lowest BCUT2D eigenvalue weighted by atomic mass is 10.0. The first-order chi connectivity index (χ1) is 13.7. The Morgan fingerprint density at radius 2 is 2.14 bits per heavy atom. The molecule has 0 radical (unpaired) electrons. The van der Waals surface area contributed by atoms with E-state index >= 15 is 0 Å². The summed E-state index contributed by atoms with van der Waals surface area (Å²) in [5.74, 6) is 0.684. The Morgan fingerprint density at radius 3 is 3.00 bits per heavy atom. The molecule has 0 bridgehead atoms. The van der Waals surface area contributed by atoms with Gasteiger partial charge in [0.25, 0.3) is 5.56 Å². The van der Waals surface area contributed by atoms with Crippen molar-refractivity contribution in [2.45, 2.75) is 45.7 Å². The van der Waals surface area contributed by atoms with Crippen molar-refractivity contribution in [3.8, 4) is 0 Å². The van der Waals surface area contributed by atoms with E-state index in [1.54, 1.807) is 0 Å². The number of hydrogen-bond donors (Lipinski definition) is 2. The summed E-state index contributed by atoms with van der Waals surface area (Å²) < 4.78 is 0. The highest BCUT2D eigenvalue weighted by Gasteiger charge is 2.23. The van der Waals surface area contributed by atoms with Gasteiger partial charge >= 0.3 is 0 Å². The molecule has 6 heteroatoms. The quantitative estimate of drug-likeness (QED) is 0.738. The third-order valence-electron chi connectivity index (χ3n) is 5.86. The average Bonchev–Trinajstić information content (AvgIpc) is 3.10. The first kappa shape index (κ1) is 17.4. The van der Waals surface area contributed by atoms with E-state index in [1.807, 2.05) is 0 Å². The molecule has 2 N–H and O–H groups in total. The van der Waals surface area contributed by atoms with Gasteiger partial charge in [0, 0.05) is 49.7 Å². The number of H-pyrrole nitrogens is 2. The van der Waals surface area contributed by atoms with Crippen LogP contribution in [0.3, 0.4) is 0 Å². The van der Waals surface area contributed by atoms with Gasteiger partial charge in [0.05, 0.1) is 17.0 Å². The summed E-state index contributed by atoms with van der Waals surface area (Å²) in [7, 11) is 0. The second-order valence-electron chi connectivity index (χ2n) is 7.95. The van der Waals surface area contributed by atoms with Crippen LogP contribution in [-0.2, 0) is 19.5 Å². The van der Waals surface area contributed by atoms with E-state index in [-0.39, 0.29) is 5.56 Å². The molecule has 5 rings (SSSR count). The fraction of sp³-hybridized carbons (Fsp3) is 0.409. The molecule has 0 amide bonds. The first-order valence-electron chi connectivity index (χ1n) is 10.1. The van der Waals surface area contributed by atoms with E-state index < -0.39 is 0 Å². The van der Waals surface area contributed by atoms with Gasteiger partial charge in [0.2, 0.25) is 0 Å². The standard InChI is InChI=1S/C22H25N5O/c1-14-5-6-16-15(11-24-20(16)10-14)12-27-9-7-18-17(13-27)22(28)26-21(25-18)19-4-2-3-8-23-19/h5-6,10-11,24H,2-4,7-9,12-13H2,1H3,(H,25,26,28). The Balaban J connectivity index is 1.39. The van der Waals surface area contributed by atoms with Crippen LogP contribution in [0, 0.1) is 6.92 Å². The molecule has 0 atom stereocenters. The van der Waals surface area contributed by atoms with Crippen molar-refractivity contribution in [2.75, 3.05) is 13.1 Å². The summed E-state index contributed by atoms with van der Waals surface area (Å²) in [6.45, 7) is 5.33. The minimum atomic E-state index is -0.00692. The van der Waals surface area contributed by atoms with Gasteiger partial charge in [0.15, 0.2) is 5.82 Å². The maximum absolute atomic E-state index is 12.7. The number of aromatic nitrogens is 3. The summed E-state index contributed by atoms with van der Waals surface area (Å²) in [5.41, 5.74) is 6.40. The Kier molecular flexibility index (Phi) is 4.36. The van der Waals surface area contributed by atoms with Crippen molar-refractivity contribution in [2.24, 2.45) is 4.99 Å². The summed E-state index contributed by atoms with van der Waals surface area (Å²) in [5, 5.41) is 1.26. The zero-order chi connectivity index (χ0) is 19.1. The molecule has 0 saturated carbocycles. The van der Waals surface area contributed by atoms with Crippen molar-refractivity contribution in [3.05, 3.63) is 63.0 Å². The topological polar surface area (TPSA) is 77.1 Å². The van der Waals surface area contributed by atoms with Crippen molar-refractivity contribution >= 4 is 16.6 Å². The van der Waals surface area contributed by atoms with Crippen LogP contribution in [0.4, 0.5) is 0 Å². The Labute approximate surface area is 163 Å². The average molecular weight is 375 g/mol. The van der Waals surface area contributed by atoms with Gasteiger partial charge in [-0.05, 0) is 43.4 Å². The molecule has 28 heavy (non-hydrogen) atoms. The molecule has 0 saturated heterocycles. The Hall–Kier alpha value is -2.73. The van der Waals surface area contributed by atoms with Crippen molar-refractivity contribution in [1.29, 1.82) is 0 Å². The number of fused-ring (bicyclic) bond motifs is 2. The molecule has 6 nitrogen and oxygen atoms in total. The molecule has 1 aromatic carbocycles. The van der Waals surface area contributed by atoms with Crippen molar-refractivity contribution in [1.82, 2.24) is 19.9 Å². The third kappa shape index (κ3) is 3.18. The fourth-order valence-electron chi connectivity index (χ4n) is 4.32. The number of benzene rings is 1. The van der Waals surface area contributed by atoms with Crippen LogP contribution >= 0.6 is 0 Å². The SMILES string of the molecule is Cc1ccc2c(CN3CCc4nc(C5=NCCCC5)[nH]c(=O)c4C3)c[nH]c2c1. The number of aliphatic imine (C=N–C) groups is 1. The highest BCUT2D eigenvalue weighted by molar-refractivity contribution is 5.97. The van der Waals surface area contributed by atoms with Crippen LogP contribution in [-0.4, -0.2) is 38.7 Å².